The Bertz CT molecular complexity index is 769. The maximum atomic E-state index is 2.73. The SMILES string of the molecule is CC(C)N1CCC(CN2CCCC2)C1.CC(C)N1CCN(C2CCN(C)CC2)CC1.CC(C)N1CCN(CC2CCCCC2)CC1. The molecule has 270 valence electrons. The van der Waals surface area contributed by atoms with Gasteiger partial charge in [-0.05, 0) is 138 Å². The number of piperazine rings is 2. The highest BCUT2D eigenvalue weighted by molar-refractivity contribution is 4.84. The third-order valence-corrected chi connectivity index (χ3v) is 12.4. The average Bonchev–Trinajstić information content (AvgIpc) is 3.76. The molecule has 5 saturated heterocycles. The van der Waals surface area contributed by atoms with E-state index in [0.717, 1.165) is 36.0 Å². The van der Waals surface area contributed by atoms with Gasteiger partial charge in [0.2, 0.25) is 0 Å². The fraction of sp³-hybridized carbons (Fsp3) is 1.00. The zero-order chi connectivity index (χ0) is 32.9. The van der Waals surface area contributed by atoms with Crippen LogP contribution >= 0.6 is 0 Å². The summed E-state index contributed by atoms with van der Waals surface area (Å²) in [6.45, 7) is 34.9. The van der Waals surface area contributed by atoms with E-state index >= 15 is 0 Å². The van der Waals surface area contributed by atoms with Crippen LogP contribution in [0.1, 0.15) is 106 Å². The zero-order valence-corrected chi connectivity index (χ0v) is 32.0. The minimum absolute atomic E-state index is 0.722. The van der Waals surface area contributed by atoms with Gasteiger partial charge in [0.25, 0.3) is 0 Å². The van der Waals surface area contributed by atoms with Crippen molar-refractivity contribution in [2.75, 3.05) is 112 Å². The molecule has 0 aromatic rings. The number of likely N-dealkylation sites (tertiary alicyclic amines) is 3. The number of hydrogen-bond acceptors (Lipinski definition) is 7. The Balaban J connectivity index is 0.000000157. The van der Waals surface area contributed by atoms with Crippen LogP contribution in [0.15, 0.2) is 0 Å². The van der Waals surface area contributed by atoms with Gasteiger partial charge in [0.05, 0.1) is 0 Å². The van der Waals surface area contributed by atoms with Gasteiger partial charge >= 0.3 is 0 Å². The molecule has 46 heavy (non-hydrogen) atoms. The van der Waals surface area contributed by atoms with Gasteiger partial charge in [-0.25, -0.2) is 0 Å². The number of nitrogens with zero attached hydrogens (tertiary/aromatic N) is 7. The predicted octanol–water partition coefficient (Wildman–Crippen LogP) is 5.51. The summed E-state index contributed by atoms with van der Waals surface area (Å²) in [4.78, 5) is 18.4. The Morgan fingerprint density at radius 2 is 0.935 bits per heavy atom. The monoisotopic (exact) mass is 646 g/mol. The summed E-state index contributed by atoms with van der Waals surface area (Å²) in [6, 6.07) is 3.07. The summed E-state index contributed by atoms with van der Waals surface area (Å²) < 4.78 is 0. The van der Waals surface area contributed by atoms with Gasteiger partial charge in [-0.2, -0.15) is 0 Å². The van der Waals surface area contributed by atoms with Crippen LogP contribution in [-0.4, -0.2) is 170 Å². The van der Waals surface area contributed by atoms with Crippen molar-refractivity contribution in [2.45, 2.75) is 130 Å². The Morgan fingerprint density at radius 3 is 1.46 bits per heavy atom. The standard InChI is InChI=1S/C14H28N2.C13H27N3.C12H24N2/c1-13(2)16-10-8-15(9-11-16)12-14-6-4-3-5-7-14;1-12(2)15-8-10-16(11-9-15)13-4-6-14(3)7-5-13;1-11(2)14-8-5-12(10-14)9-13-6-3-4-7-13/h13-14H,3-12H2,1-2H3;12-13H,4-11H2,1-3H3;11-12H,3-10H2,1-2H3. The largest absolute Gasteiger partial charge is 0.306 e. The van der Waals surface area contributed by atoms with Crippen LogP contribution in [0.25, 0.3) is 0 Å². The molecule has 0 aromatic heterocycles. The highest BCUT2D eigenvalue weighted by Gasteiger charge is 2.28. The van der Waals surface area contributed by atoms with Crippen LogP contribution in [0, 0.1) is 11.8 Å². The molecule has 1 aliphatic carbocycles. The first kappa shape index (κ1) is 38.5. The van der Waals surface area contributed by atoms with Gasteiger partial charge in [0, 0.05) is 96.2 Å². The maximum absolute atomic E-state index is 2.73. The smallest absolute Gasteiger partial charge is 0.0121 e. The second kappa shape index (κ2) is 20.4. The van der Waals surface area contributed by atoms with Crippen molar-refractivity contribution in [1.29, 1.82) is 0 Å². The normalized spacial score (nSPS) is 28.2. The summed E-state index contributed by atoms with van der Waals surface area (Å²) >= 11 is 0. The van der Waals surface area contributed by atoms with Crippen molar-refractivity contribution in [1.82, 2.24) is 34.3 Å². The van der Waals surface area contributed by atoms with E-state index in [4.69, 9.17) is 0 Å². The lowest BCUT2D eigenvalue weighted by Crippen LogP contribution is -2.54. The third-order valence-electron chi connectivity index (χ3n) is 12.4. The van der Waals surface area contributed by atoms with E-state index in [-0.39, 0.29) is 0 Å². The number of rotatable bonds is 8. The first-order chi connectivity index (χ1) is 22.2. The fourth-order valence-corrected chi connectivity index (χ4v) is 8.99. The molecule has 0 bridgehead atoms. The summed E-state index contributed by atoms with van der Waals surface area (Å²) in [5.41, 5.74) is 0. The van der Waals surface area contributed by atoms with Crippen LogP contribution in [0.5, 0.6) is 0 Å². The van der Waals surface area contributed by atoms with E-state index in [1.54, 1.807) is 0 Å². The van der Waals surface area contributed by atoms with Gasteiger partial charge < -0.3 is 19.6 Å². The molecule has 0 radical (unpaired) electrons. The molecule has 7 nitrogen and oxygen atoms in total. The van der Waals surface area contributed by atoms with Crippen molar-refractivity contribution in [2.24, 2.45) is 11.8 Å². The molecule has 7 heteroatoms. The van der Waals surface area contributed by atoms with Crippen LogP contribution in [0.4, 0.5) is 0 Å². The topological polar surface area (TPSA) is 22.7 Å². The average molecular weight is 646 g/mol. The van der Waals surface area contributed by atoms with Crippen molar-refractivity contribution in [3.05, 3.63) is 0 Å². The molecule has 0 amide bonds. The third kappa shape index (κ3) is 13.2. The molecule has 0 aromatic carbocycles. The Morgan fingerprint density at radius 1 is 0.435 bits per heavy atom. The summed E-state index contributed by atoms with van der Waals surface area (Å²) in [6.07, 6.45) is 14.5. The Labute approximate surface area is 287 Å². The van der Waals surface area contributed by atoms with Crippen LogP contribution in [0.3, 0.4) is 0 Å². The lowest BCUT2D eigenvalue weighted by Gasteiger charge is -2.43. The van der Waals surface area contributed by atoms with Crippen molar-refractivity contribution in [3.8, 4) is 0 Å². The summed E-state index contributed by atoms with van der Waals surface area (Å²) in [5.74, 6) is 1.97. The highest BCUT2D eigenvalue weighted by Crippen LogP contribution is 2.25. The maximum Gasteiger partial charge on any atom is 0.0121 e. The predicted molar refractivity (Wildman–Crippen MR) is 199 cm³/mol. The fourth-order valence-electron chi connectivity index (χ4n) is 8.99. The Kier molecular flexibility index (Phi) is 17.1. The quantitative estimate of drug-likeness (QED) is 0.343. The van der Waals surface area contributed by atoms with Crippen LogP contribution in [-0.2, 0) is 0 Å². The second-order valence-corrected chi connectivity index (χ2v) is 16.9. The zero-order valence-electron chi connectivity index (χ0n) is 32.0. The second-order valence-electron chi connectivity index (χ2n) is 16.9. The first-order valence-electron chi connectivity index (χ1n) is 20.3. The molecular formula is C39H79N7. The van der Waals surface area contributed by atoms with Crippen LogP contribution in [0.2, 0.25) is 0 Å². The molecule has 0 N–H and O–H groups in total. The van der Waals surface area contributed by atoms with E-state index in [9.17, 15) is 0 Å². The molecule has 5 heterocycles. The first-order valence-corrected chi connectivity index (χ1v) is 20.3. The van der Waals surface area contributed by atoms with Gasteiger partial charge in [-0.15, -0.1) is 0 Å². The van der Waals surface area contributed by atoms with Crippen LogP contribution < -0.4 is 0 Å². The lowest BCUT2D eigenvalue weighted by atomic mass is 9.89. The van der Waals surface area contributed by atoms with E-state index in [1.807, 2.05) is 0 Å². The van der Waals surface area contributed by atoms with E-state index < -0.39 is 0 Å². The molecule has 6 aliphatic rings. The van der Waals surface area contributed by atoms with Crippen molar-refractivity contribution in [3.63, 3.8) is 0 Å². The van der Waals surface area contributed by atoms with Gasteiger partial charge in [0.1, 0.15) is 0 Å². The van der Waals surface area contributed by atoms with Gasteiger partial charge in [0.15, 0.2) is 0 Å². The molecule has 6 fully saturated rings. The highest BCUT2D eigenvalue weighted by atomic mass is 15.3. The van der Waals surface area contributed by atoms with E-state index in [2.05, 4.69) is 82.9 Å². The Hall–Kier alpha value is -0.280. The lowest BCUT2D eigenvalue weighted by molar-refractivity contribution is 0.0529. The van der Waals surface area contributed by atoms with Crippen molar-refractivity contribution < 1.29 is 0 Å². The number of piperidine rings is 1. The minimum atomic E-state index is 0.722. The molecule has 0 spiro atoms. The van der Waals surface area contributed by atoms with Gasteiger partial charge in [-0.1, -0.05) is 19.3 Å². The molecule has 5 aliphatic heterocycles. The van der Waals surface area contributed by atoms with E-state index in [0.29, 0.717) is 0 Å². The molecule has 1 atom stereocenters. The number of hydrogen-bond donors (Lipinski definition) is 0. The van der Waals surface area contributed by atoms with Gasteiger partial charge in [-0.3, -0.25) is 14.7 Å². The molecule has 6 rings (SSSR count). The molecular weight excluding hydrogens is 566 g/mol. The summed E-state index contributed by atoms with van der Waals surface area (Å²) in [7, 11) is 2.24. The summed E-state index contributed by atoms with van der Waals surface area (Å²) in [5, 5.41) is 0. The van der Waals surface area contributed by atoms with E-state index in [1.165, 1.54) is 169 Å². The molecule has 1 unspecified atom stereocenters. The molecule has 1 saturated carbocycles. The minimum Gasteiger partial charge on any atom is -0.306 e. The van der Waals surface area contributed by atoms with Crippen molar-refractivity contribution >= 4 is 0 Å².